The molecule has 2 fully saturated rings. The molecule has 1 aliphatic heterocycles. The molecule has 1 saturated carbocycles. The summed E-state index contributed by atoms with van der Waals surface area (Å²) in [6.45, 7) is 12.1. The van der Waals surface area contributed by atoms with Crippen molar-refractivity contribution in [1.82, 2.24) is 10.2 Å². The van der Waals surface area contributed by atoms with Crippen LogP contribution < -0.4 is 5.32 Å². The first-order valence-electron chi connectivity index (χ1n) is 9.14. The maximum absolute atomic E-state index is 3.84. The number of rotatable bonds is 6. The smallest absolute Gasteiger partial charge is 0.0108 e. The van der Waals surface area contributed by atoms with Gasteiger partial charge in [0, 0.05) is 24.7 Å². The average molecular weight is 280 g/mol. The summed E-state index contributed by atoms with van der Waals surface area (Å²) in [5.74, 6) is 1.80. The third kappa shape index (κ3) is 3.98. The molecule has 2 nitrogen and oxygen atoms in total. The van der Waals surface area contributed by atoms with E-state index in [0.717, 1.165) is 30.0 Å². The Bertz CT molecular complexity index is 277. The van der Waals surface area contributed by atoms with Crippen LogP contribution >= 0.6 is 0 Å². The van der Waals surface area contributed by atoms with Crippen molar-refractivity contribution in [1.29, 1.82) is 0 Å². The molecule has 20 heavy (non-hydrogen) atoms. The number of likely N-dealkylation sites (tertiary alicyclic amines) is 1. The molecule has 1 saturated heterocycles. The van der Waals surface area contributed by atoms with Crippen molar-refractivity contribution in [3.8, 4) is 0 Å². The summed E-state index contributed by atoms with van der Waals surface area (Å²) in [7, 11) is 0. The fourth-order valence-electron chi connectivity index (χ4n) is 4.46. The maximum Gasteiger partial charge on any atom is 0.0108 e. The average Bonchev–Trinajstić information content (AvgIpc) is 2.79. The van der Waals surface area contributed by atoms with E-state index in [0.29, 0.717) is 0 Å². The first kappa shape index (κ1) is 16.3. The predicted molar refractivity (Wildman–Crippen MR) is 88.1 cm³/mol. The molecule has 0 bridgehead atoms. The lowest BCUT2D eigenvalue weighted by Gasteiger charge is -2.40. The zero-order valence-corrected chi connectivity index (χ0v) is 14.2. The Balaban J connectivity index is 1.95. The monoisotopic (exact) mass is 280 g/mol. The molecule has 5 atom stereocenters. The van der Waals surface area contributed by atoms with Crippen molar-refractivity contribution in [3.05, 3.63) is 0 Å². The first-order chi connectivity index (χ1) is 9.65. The molecule has 0 spiro atoms. The van der Waals surface area contributed by atoms with E-state index in [-0.39, 0.29) is 0 Å². The lowest BCUT2D eigenvalue weighted by Crippen LogP contribution is -2.48. The van der Waals surface area contributed by atoms with Crippen molar-refractivity contribution < 1.29 is 0 Å². The van der Waals surface area contributed by atoms with Crippen LogP contribution in [0.4, 0.5) is 0 Å². The van der Waals surface area contributed by atoms with Crippen molar-refractivity contribution in [2.75, 3.05) is 13.1 Å². The van der Waals surface area contributed by atoms with Crippen molar-refractivity contribution in [2.45, 2.75) is 90.8 Å². The van der Waals surface area contributed by atoms with E-state index >= 15 is 0 Å². The Kier molecular flexibility index (Phi) is 6.35. The lowest BCUT2D eigenvalue weighted by molar-refractivity contribution is 0.112. The molecule has 0 aromatic rings. The van der Waals surface area contributed by atoms with E-state index in [4.69, 9.17) is 0 Å². The summed E-state index contributed by atoms with van der Waals surface area (Å²) in [4.78, 5) is 2.84. The van der Waals surface area contributed by atoms with Crippen LogP contribution in [-0.4, -0.2) is 36.1 Å². The van der Waals surface area contributed by atoms with Crippen LogP contribution in [0.1, 0.15) is 72.6 Å². The highest BCUT2D eigenvalue weighted by atomic mass is 15.2. The van der Waals surface area contributed by atoms with Crippen molar-refractivity contribution in [2.24, 2.45) is 11.8 Å². The van der Waals surface area contributed by atoms with Gasteiger partial charge in [-0.05, 0) is 70.3 Å². The van der Waals surface area contributed by atoms with Gasteiger partial charge in [0.2, 0.25) is 0 Å². The standard InChI is InChI=1S/C18H36N2/c1-5-11-19-18-10-7-14(3)12-16(18)13-20-15(4)8-9-17(20)6-2/h14-19H,5-13H2,1-4H3. The van der Waals surface area contributed by atoms with E-state index in [1.807, 2.05) is 0 Å². The fraction of sp³-hybridized carbons (Fsp3) is 1.00. The van der Waals surface area contributed by atoms with E-state index in [1.54, 1.807) is 0 Å². The molecular weight excluding hydrogens is 244 g/mol. The Labute approximate surface area is 126 Å². The van der Waals surface area contributed by atoms with Gasteiger partial charge in [-0.3, -0.25) is 4.90 Å². The van der Waals surface area contributed by atoms with Gasteiger partial charge in [0.05, 0.1) is 0 Å². The van der Waals surface area contributed by atoms with Crippen LogP contribution in [0.15, 0.2) is 0 Å². The number of hydrogen-bond acceptors (Lipinski definition) is 2. The molecule has 0 amide bonds. The van der Waals surface area contributed by atoms with Crippen molar-refractivity contribution >= 4 is 0 Å². The molecule has 0 aromatic heterocycles. The lowest BCUT2D eigenvalue weighted by atomic mass is 9.78. The van der Waals surface area contributed by atoms with E-state index in [9.17, 15) is 0 Å². The van der Waals surface area contributed by atoms with E-state index < -0.39 is 0 Å². The van der Waals surface area contributed by atoms with E-state index in [2.05, 4.69) is 37.9 Å². The summed E-state index contributed by atoms with van der Waals surface area (Å²) in [6.07, 6.45) is 9.67. The van der Waals surface area contributed by atoms with Gasteiger partial charge in [-0.15, -0.1) is 0 Å². The minimum Gasteiger partial charge on any atom is -0.314 e. The molecule has 0 radical (unpaired) electrons. The van der Waals surface area contributed by atoms with Crippen LogP contribution in [0.3, 0.4) is 0 Å². The van der Waals surface area contributed by atoms with Crippen LogP contribution in [0.25, 0.3) is 0 Å². The Morgan fingerprint density at radius 2 is 1.85 bits per heavy atom. The van der Waals surface area contributed by atoms with Gasteiger partial charge in [-0.25, -0.2) is 0 Å². The van der Waals surface area contributed by atoms with Gasteiger partial charge >= 0.3 is 0 Å². The molecule has 1 N–H and O–H groups in total. The van der Waals surface area contributed by atoms with Crippen molar-refractivity contribution in [3.63, 3.8) is 0 Å². The quantitative estimate of drug-likeness (QED) is 0.789. The minimum absolute atomic E-state index is 0.774. The van der Waals surface area contributed by atoms with Crippen LogP contribution in [0.5, 0.6) is 0 Å². The van der Waals surface area contributed by atoms with Gasteiger partial charge in [0.1, 0.15) is 0 Å². The summed E-state index contributed by atoms with van der Waals surface area (Å²) in [6, 6.07) is 2.44. The summed E-state index contributed by atoms with van der Waals surface area (Å²) in [5.41, 5.74) is 0. The molecular formula is C18H36N2. The molecule has 2 heteroatoms. The number of nitrogens with one attached hydrogen (secondary N) is 1. The molecule has 118 valence electrons. The topological polar surface area (TPSA) is 15.3 Å². The second kappa shape index (κ2) is 7.79. The Hall–Kier alpha value is -0.0800. The third-order valence-corrected chi connectivity index (χ3v) is 5.77. The Morgan fingerprint density at radius 3 is 2.55 bits per heavy atom. The zero-order chi connectivity index (χ0) is 14.5. The Morgan fingerprint density at radius 1 is 1.05 bits per heavy atom. The highest BCUT2D eigenvalue weighted by Gasteiger charge is 2.35. The van der Waals surface area contributed by atoms with Gasteiger partial charge in [-0.2, -0.15) is 0 Å². The molecule has 1 heterocycles. The molecule has 2 rings (SSSR count). The van der Waals surface area contributed by atoms with Gasteiger partial charge in [-0.1, -0.05) is 20.8 Å². The molecule has 1 aliphatic carbocycles. The summed E-state index contributed by atoms with van der Waals surface area (Å²) in [5, 5.41) is 3.84. The normalized spacial score (nSPS) is 39.3. The highest BCUT2D eigenvalue weighted by Crippen LogP contribution is 2.33. The van der Waals surface area contributed by atoms with E-state index in [1.165, 1.54) is 58.0 Å². The van der Waals surface area contributed by atoms with Gasteiger partial charge < -0.3 is 5.32 Å². The summed E-state index contributed by atoms with van der Waals surface area (Å²) < 4.78 is 0. The predicted octanol–water partition coefficient (Wildman–Crippen LogP) is 4.05. The van der Waals surface area contributed by atoms with Crippen LogP contribution in [-0.2, 0) is 0 Å². The molecule has 0 aromatic carbocycles. The number of hydrogen-bond donors (Lipinski definition) is 1. The van der Waals surface area contributed by atoms with Crippen LogP contribution in [0.2, 0.25) is 0 Å². The van der Waals surface area contributed by atoms with Crippen LogP contribution in [0, 0.1) is 11.8 Å². The molecule has 2 aliphatic rings. The first-order valence-corrected chi connectivity index (χ1v) is 9.14. The van der Waals surface area contributed by atoms with Gasteiger partial charge in [0.15, 0.2) is 0 Å². The maximum atomic E-state index is 3.84. The second-order valence-corrected chi connectivity index (χ2v) is 7.42. The van der Waals surface area contributed by atoms with Gasteiger partial charge in [0.25, 0.3) is 0 Å². The largest absolute Gasteiger partial charge is 0.314 e. The minimum atomic E-state index is 0.774. The number of nitrogens with zero attached hydrogens (tertiary/aromatic N) is 1. The SMILES string of the molecule is CCCNC1CCC(C)CC1CN1C(C)CCC1CC. The summed E-state index contributed by atoms with van der Waals surface area (Å²) >= 11 is 0. The second-order valence-electron chi connectivity index (χ2n) is 7.42. The third-order valence-electron chi connectivity index (χ3n) is 5.77. The zero-order valence-electron chi connectivity index (χ0n) is 14.2. The highest BCUT2D eigenvalue weighted by molar-refractivity contribution is 4.91. The fourth-order valence-corrected chi connectivity index (χ4v) is 4.46. The molecule has 5 unspecified atom stereocenters.